The second-order valence-electron chi connectivity index (χ2n) is 5.35. The molecule has 0 bridgehead atoms. The Balaban J connectivity index is 2.02. The van der Waals surface area contributed by atoms with Gasteiger partial charge in [0, 0.05) is 26.2 Å². The van der Waals surface area contributed by atoms with Gasteiger partial charge in [-0.25, -0.2) is 4.98 Å². The van der Waals surface area contributed by atoms with Crippen molar-refractivity contribution in [3.63, 3.8) is 0 Å². The zero-order valence-corrected chi connectivity index (χ0v) is 14.0. The molecule has 1 aromatic rings. The molecule has 1 saturated heterocycles. The molecule has 7 heteroatoms. The van der Waals surface area contributed by atoms with Gasteiger partial charge >= 0.3 is 0 Å². The van der Waals surface area contributed by atoms with E-state index in [9.17, 15) is 4.79 Å². The molecule has 0 spiro atoms. The molecule has 1 aliphatic heterocycles. The van der Waals surface area contributed by atoms with Gasteiger partial charge in [-0.05, 0) is 48.0 Å². The number of nitrogens with one attached hydrogen (secondary N) is 1. The van der Waals surface area contributed by atoms with Crippen LogP contribution >= 0.6 is 22.6 Å². The quantitative estimate of drug-likeness (QED) is 0.731. The number of hydrogen-bond acceptors (Lipinski definition) is 5. The average molecular weight is 391 g/mol. The molecule has 2 heterocycles. The smallest absolute Gasteiger partial charge is 0.266 e. The van der Waals surface area contributed by atoms with Crippen molar-refractivity contribution >= 4 is 28.4 Å². The monoisotopic (exact) mass is 391 g/mol. The molecule has 0 amide bonds. The molecule has 1 fully saturated rings. The van der Waals surface area contributed by atoms with Gasteiger partial charge in [0.2, 0.25) is 0 Å². The van der Waals surface area contributed by atoms with E-state index in [0.29, 0.717) is 9.49 Å². The van der Waals surface area contributed by atoms with E-state index in [4.69, 9.17) is 5.73 Å². The Labute approximate surface area is 132 Å². The minimum atomic E-state index is -0.0616. The Morgan fingerprint density at radius 1 is 1.45 bits per heavy atom. The minimum Gasteiger partial charge on any atom is -0.354 e. The Bertz CT molecular complexity index is 492. The molecule has 1 unspecified atom stereocenters. The Morgan fingerprint density at radius 2 is 2.25 bits per heavy atom. The highest BCUT2D eigenvalue weighted by molar-refractivity contribution is 14.1. The van der Waals surface area contributed by atoms with Crippen molar-refractivity contribution in [2.45, 2.75) is 13.3 Å². The van der Waals surface area contributed by atoms with Crippen LogP contribution in [0.5, 0.6) is 0 Å². The summed E-state index contributed by atoms with van der Waals surface area (Å²) < 4.78 is 0.675. The lowest BCUT2D eigenvalue weighted by Gasteiger charge is -2.24. The molecule has 112 valence electrons. The summed E-state index contributed by atoms with van der Waals surface area (Å²) in [6.45, 7) is 7.89. The van der Waals surface area contributed by atoms with Gasteiger partial charge in [0.1, 0.15) is 9.39 Å². The van der Waals surface area contributed by atoms with E-state index in [-0.39, 0.29) is 5.56 Å². The number of halogens is 1. The molecular weight excluding hydrogens is 369 g/mol. The fourth-order valence-corrected chi connectivity index (χ4v) is 3.11. The first-order valence-electron chi connectivity index (χ1n) is 7.02. The molecule has 1 aliphatic rings. The molecule has 1 atom stereocenters. The van der Waals surface area contributed by atoms with E-state index in [0.717, 1.165) is 51.5 Å². The first-order valence-corrected chi connectivity index (χ1v) is 8.10. The normalized spacial score (nSPS) is 18.9. The summed E-state index contributed by atoms with van der Waals surface area (Å²) in [4.78, 5) is 23.3. The standard InChI is InChI=1S/C13H22IN5O/c1-10(7-15)8-18-3-2-4-19(6-5-18)12-11(14)13(20)17-9-16-12/h9-10H,2-8,15H2,1H3,(H,16,17,20). The summed E-state index contributed by atoms with van der Waals surface area (Å²) in [6.07, 6.45) is 2.57. The van der Waals surface area contributed by atoms with Crippen LogP contribution in [0.2, 0.25) is 0 Å². The fraction of sp³-hybridized carbons (Fsp3) is 0.692. The van der Waals surface area contributed by atoms with Crippen LogP contribution in [0.1, 0.15) is 13.3 Å². The summed E-state index contributed by atoms with van der Waals surface area (Å²) in [5.41, 5.74) is 5.64. The molecule has 3 N–H and O–H groups in total. The number of nitrogens with two attached hydrogens (primary N) is 1. The zero-order valence-electron chi connectivity index (χ0n) is 11.8. The van der Waals surface area contributed by atoms with E-state index < -0.39 is 0 Å². The lowest BCUT2D eigenvalue weighted by atomic mass is 10.1. The zero-order chi connectivity index (χ0) is 14.5. The van der Waals surface area contributed by atoms with Crippen molar-refractivity contribution in [2.75, 3.05) is 44.2 Å². The van der Waals surface area contributed by atoms with Crippen LogP contribution in [-0.2, 0) is 0 Å². The summed E-state index contributed by atoms with van der Waals surface area (Å²) in [5, 5.41) is 0. The number of rotatable bonds is 4. The van der Waals surface area contributed by atoms with E-state index in [2.05, 4.69) is 49.3 Å². The van der Waals surface area contributed by atoms with Gasteiger partial charge in [0.05, 0.1) is 6.33 Å². The Kier molecular flexibility index (Phi) is 5.79. The van der Waals surface area contributed by atoms with E-state index >= 15 is 0 Å². The maximum Gasteiger partial charge on any atom is 0.266 e. The van der Waals surface area contributed by atoms with Crippen molar-refractivity contribution in [1.29, 1.82) is 0 Å². The van der Waals surface area contributed by atoms with Crippen molar-refractivity contribution < 1.29 is 0 Å². The predicted molar refractivity (Wildman–Crippen MR) is 89.1 cm³/mol. The average Bonchev–Trinajstić information content (AvgIpc) is 2.67. The maximum atomic E-state index is 11.7. The van der Waals surface area contributed by atoms with Gasteiger partial charge in [0.15, 0.2) is 0 Å². The van der Waals surface area contributed by atoms with Gasteiger partial charge in [-0.2, -0.15) is 0 Å². The largest absolute Gasteiger partial charge is 0.354 e. The van der Waals surface area contributed by atoms with Crippen molar-refractivity contribution in [3.05, 3.63) is 20.3 Å². The summed E-state index contributed by atoms with van der Waals surface area (Å²) in [7, 11) is 0. The lowest BCUT2D eigenvalue weighted by molar-refractivity contribution is 0.255. The molecule has 0 aliphatic carbocycles. The number of anilines is 1. The molecular formula is C13H22IN5O. The van der Waals surface area contributed by atoms with Gasteiger partial charge in [-0.15, -0.1) is 0 Å². The molecule has 0 radical (unpaired) electrons. The lowest BCUT2D eigenvalue weighted by Crippen LogP contribution is -2.36. The number of hydrogen-bond donors (Lipinski definition) is 2. The van der Waals surface area contributed by atoms with Crippen molar-refractivity contribution in [2.24, 2.45) is 11.7 Å². The first kappa shape index (κ1) is 15.7. The van der Waals surface area contributed by atoms with Crippen molar-refractivity contribution in [1.82, 2.24) is 14.9 Å². The molecule has 0 saturated carbocycles. The first-order chi connectivity index (χ1) is 9.61. The van der Waals surface area contributed by atoms with Crippen LogP contribution in [-0.4, -0.2) is 54.1 Å². The third kappa shape index (κ3) is 3.92. The highest BCUT2D eigenvalue weighted by Crippen LogP contribution is 2.17. The summed E-state index contributed by atoms with van der Waals surface area (Å²) in [5.74, 6) is 1.34. The van der Waals surface area contributed by atoms with Crippen LogP contribution in [0.3, 0.4) is 0 Å². The SMILES string of the molecule is CC(CN)CN1CCCN(c2nc[nH]c(=O)c2I)CC1. The van der Waals surface area contributed by atoms with Crippen LogP contribution in [0, 0.1) is 9.49 Å². The third-order valence-electron chi connectivity index (χ3n) is 3.64. The molecule has 1 aromatic heterocycles. The van der Waals surface area contributed by atoms with Crippen LogP contribution in [0.4, 0.5) is 5.82 Å². The second-order valence-corrected chi connectivity index (χ2v) is 6.43. The third-order valence-corrected chi connectivity index (χ3v) is 4.61. The number of aromatic nitrogens is 2. The summed E-state index contributed by atoms with van der Waals surface area (Å²) >= 11 is 2.07. The number of H-pyrrole nitrogens is 1. The molecule has 20 heavy (non-hydrogen) atoms. The number of nitrogens with zero attached hydrogens (tertiary/aromatic N) is 3. The molecule has 6 nitrogen and oxygen atoms in total. The Hall–Kier alpha value is -0.670. The van der Waals surface area contributed by atoms with E-state index in [1.807, 2.05) is 0 Å². The van der Waals surface area contributed by atoms with Gasteiger partial charge < -0.3 is 20.5 Å². The van der Waals surface area contributed by atoms with Crippen LogP contribution in [0.15, 0.2) is 11.1 Å². The highest BCUT2D eigenvalue weighted by atomic mass is 127. The fourth-order valence-electron chi connectivity index (χ4n) is 2.47. The van der Waals surface area contributed by atoms with E-state index in [1.165, 1.54) is 6.33 Å². The predicted octanol–water partition coefficient (Wildman–Crippen LogP) is 0.481. The van der Waals surface area contributed by atoms with Gasteiger partial charge in [-0.3, -0.25) is 4.79 Å². The Morgan fingerprint density at radius 3 is 3.00 bits per heavy atom. The maximum absolute atomic E-state index is 11.7. The molecule has 0 aromatic carbocycles. The molecule has 2 rings (SSSR count). The van der Waals surface area contributed by atoms with Crippen LogP contribution < -0.4 is 16.2 Å². The van der Waals surface area contributed by atoms with Gasteiger partial charge in [0.25, 0.3) is 5.56 Å². The van der Waals surface area contributed by atoms with E-state index in [1.54, 1.807) is 0 Å². The highest BCUT2D eigenvalue weighted by Gasteiger charge is 2.19. The van der Waals surface area contributed by atoms with Crippen molar-refractivity contribution in [3.8, 4) is 0 Å². The second kappa shape index (κ2) is 7.37. The van der Waals surface area contributed by atoms with Gasteiger partial charge in [-0.1, -0.05) is 6.92 Å². The minimum absolute atomic E-state index is 0.0616. The summed E-state index contributed by atoms with van der Waals surface area (Å²) in [6, 6.07) is 0. The number of aromatic amines is 1. The topological polar surface area (TPSA) is 78.2 Å². The van der Waals surface area contributed by atoms with Crippen LogP contribution in [0.25, 0.3) is 0 Å².